The summed E-state index contributed by atoms with van der Waals surface area (Å²) in [4.78, 5) is 0. The van der Waals surface area contributed by atoms with Crippen molar-refractivity contribution in [2.24, 2.45) is 5.41 Å². The molecular formula is C20H24O. The third-order valence-corrected chi connectivity index (χ3v) is 4.23. The van der Waals surface area contributed by atoms with Gasteiger partial charge in [-0.25, -0.2) is 0 Å². The maximum atomic E-state index is 6.17. The van der Waals surface area contributed by atoms with Gasteiger partial charge in [0.2, 0.25) is 0 Å². The molecule has 0 atom stereocenters. The van der Waals surface area contributed by atoms with Gasteiger partial charge in [-0.15, -0.1) is 0 Å². The van der Waals surface area contributed by atoms with Crippen LogP contribution in [0.5, 0.6) is 11.5 Å². The van der Waals surface area contributed by atoms with Gasteiger partial charge in [-0.1, -0.05) is 65.0 Å². The standard InChI is InChI=1S/C20H24O/c1-19(2,3)13-14-10-11-16-18(12-14)21-17-9-7-6-8-15(17)20(16,4)5/h6-12H,13H2,1-5H3. The first-order chi connectivity index (χ1) is 9.77. The van der Waals surface area contributed by atoms with Crippen LogP contribution in [-0.4, -0.2) is 0 Å². The van der Waals surface area contributed by atoms with Crippen molar-refractivity contribution in [1.29, 1.82) is 0 Å². The lowest BCUT2D eigenvalue weighted by Gasteiger charge is -2.35. The number of benzene rings is 2. The first-order valence-corrected chi connectivity index (χ1v) is 7.68. The Labute approximate surface area is 128 Å². The number of para-hydroxylation sites is 1. The topological polar surface area (TPSA) is 9.23 Å². The molecule has 0 saturated heterocycles. The second kappa shape index (κ2) is 4.62. The van der Waals surface area contributed by atoms with E-state index in [4.69, 9.17) is 4.74 Å². The Morgan fingerprint density at radius 3 is 2.29 bits per heavy atom. The van der Waals surface area contributed by atoms with Crippen LogP contribution in [0.15, 0.2) is 42.5 Å². The van der Waals surface area contributed by atoms with Crippen LogP contribution in [0.25, 0.3) is 0 Å². The maximum Gasteiger partial charge on any atom is 0.131 e. The van der Waals surface area contributed by atoms with E-state index in [1.165, 1.54) is 16.7 Å². The fourth-order valence-corrected chi connectivity index (χ4v) is 3.23. The van der Waals surface area contributed by atoms with E-state index >= 15 is 0 Å². The van der Waals surface area contributed by atoms with Crippen LogP contribution in [-0.2, 0) is 11.8 Å². The summed E-state index contributed by atoms with van der Waals surface area (Å²) in [6, 6.07) is 15.1. The maximum absolute atomic E-state index is 6.17. The van der Waals surface area contributed by atoms with Crippen molar-refractivity contribution >= 4 is 0 Å². The first-order valence-electron chi connectivity index (χ1n) is 7.68. The van der Waals surface area contributed by atoms with Crippen molar-refractivity contribution in [3.8, 4) is 11.5 Å². The Kier molecular flexibility index (Phi) is 3.12. The zero-order valence-corrected chi connectivity index (χ0v) is 13.7. The van der Waals surface area contributed by atoms with Crippen LogP contribution in [0.3, 0.4) is 0 Å². The number of hydrogen-bond donors (Lipinski definition) is 0. The number of hydrogen-bond acceptors (Lipinski definition) is 1. The molecule has 0 unspecified atom stereocenters. The summed E-state index contributed by atoms with van der Waals surface area (Å²) >= 11 is 0. The quantitative estimate of drug-likeness (QED) is 0.650. The molecular weight excluding hydrogens is 256 g/mol. The third-order valence-electron chi connectivity index (χ3n) is 4.23. The Morgan fingerprint density at radius 1 is 0.905 bits per heavy atom. The SMILES string of the molecule is CC(C)(C)Cc1ccc2c(c1)Oc1ccccc1C2(C)C. The zero-order valence-electron chi connectivity index (χ0n) is 13.7. The van der Waals surface area contributed by atoms with Gasteiger partial charge >= 0.3 is 0 Å². The van der Waals surface area contributed by atoms with Gasteiger partial charge in [0.15, 0.2) is 0 Å². The molecule has 1 heteroatoms. The molecule has 0 spiro atoms. The normalized spacial score (nSPS) is 15.9. The lowest BCUT2D eigenvalue weighted by molar-refractivity contribution is 0.402. The largest absolute Gasteiger partial charge is 0.457 e. The highest BCUT2D eigenvalue weighted by atomic mass is 16.5. The molecule has 0 saturated carbocycles. The smallest absolute Gasteiger partial charge is 0.131 e. The third kappa shape index (κ3) is 2.57. The summed E-state index contributed by atoms with van der Waals surface area (Å²) in [7, 11) is 0. The van der Waals surface area contributed by atoms with Crippen LogP contribution in [0.4, 0.5) is 0 Å². The van der Waals surface area contributed by atoms with Gasteiger partial charge in [-0.2, -0.15) is 0 Å². The Morgan fingerprint density at radius 2 is 1.57 bits per heavy atom. The second-order valence-electron chi connectivity index (χ2n) is 7.79. The lowest BCUT2D eigenvalue weighted by Crippen LogP contribution is -2.24. The molecule has 0 fully saturated rings. The van der Waals surface area contributed by atoms with Crippen molar-refractivity contribution in [2.75, 3.05) is 0 Å². The predicted octanol–water partition coefficient (Wildman–Crippen LogP) is 5.71. The molecule has 2 aromatic rings. The fourth-order valence-electron chi connectivity index (χ4n) is 3.23. The average molecular weight is 280 g/mol. The monoisotopic (exact) mass is 280 g/mol. The van der Waals surface area contributed by atoms with Gasteiger partial charge < -0.3 is 4.74 Å². The van der Waals surface area contributed by atoms with Gasteiger partial charge in [-0.3, -0.25) is 0 Å². The molecule has 21 heavy (non-hydrogen) atoms. The minimum Gasteiger partial charge on any atom is -0.457 e. The molecule has 3 rings (SSSR count). The lowest BCUT2D eigenvalue weighted by atomic mass is 9.75. The average Bonchev–Trinajstić information content (AvgIpc) is 2.36. The minimum absolute atomic E-state index is 0.00948. The van der Waals surface area contributed by atoms with Gasteiger partial charge in [0.25, 0.3) is 0 Å². The van der Waals surface area contributed by atoms with E-state index in [0.717, 1.165) is 17.9 Å². The van der Waals surface area contributed by atoms with E-state index in [0.29, 0.717) is 0 Å². The summed E-state index contributed by atoms with van der Waals surface area (Å²) in [5.41, 5.74) is 4.16. The molecule has 1 nitrogen and oxygen atoms in total. The van der Waals surface area contributed by atoms with Crippen molar-refractivity contribution in [3.63, 3.8) is 0 Å². The summed E-state index contributed by atoms with van der Waals surface area (Å²) in [6.07, 6.45) is 1.06. The highest BCUT2D eigenvalue weighted by Gasteiger charge is 2.34. The molecule has 0 bridgehead atoms. The molecule has 0 aromatic heterocycles. The Balaban J connectivity index is 2.06. The summed E-state index contributed by atoms with van der Waals surface area (Å²) in [5.74, 6) is 2.00. The van der Waals surface area contributed by atoms with Gasteiger partial charge in [-0.05, 0) is 29.5 Å². The summed E-state index contributed by atoms with van der Waals surface area (Å²) < 4.78 is 6.17. The van der Waals surface area contributed by atoms with E-state index in [-0.39, 0.29) is 10.8 Å². The van der Waals surface area contributed by atoms with E-state index in [1.807, 2.05) is 6.07 Å². The summed E-state index contributed by atoms with van der Waals surface area (Å²) in [5, 5.41) is 0. The van der Waals surface area contributed by atoms with E-state index in [1.54, 1.807) is 0 Å². The number of fused-ring (bicyclic) bond motifs is 2. The van der Waals surface area contributed by atoms with Crippen LogP contribution < -0.4 is 4.74 Å². The van der Waals surface area contributed by atoms with Gasteiger partial charge in [0, 0.05) is 16.5 Å². The van der Waals surface area contributed by atoms with Crippen LogP contribution >= 0.6 is 0 Å². The highest BCUT2D eigenvalue weighted by Crippen LogP contribution is 2.48. The fraction of sp³-hybridized carbons (Fsp3) is 0.400. The van der Waals surface area contributed by atoms with Crippen molar-refractivity contribution in [3.05, 3.63) is 59.2 Å². The summed E-state index contributed by atoms with van der Waals surface area (Å²) in [6.45, 7) is 11.4. The molecule has 0 amide bonds. The molecule has 0 aliphatic carbocycles. The Bertz CT molecular complexity index is 674. The van der Waals surface area contributed by atoms with E-state index < -0.39 is 0 Å². The van der Waals surface area contributed by atoms with E-state index in [9.17, 15) is 0 Å². The van der Waals surface area contributed by atoms with Crippen molar-refractivity contribution < 1.29 is 4.74 Å². The van der Waals surface area contributed by atoms with Crippen LogP contribution in [0.2, 0.25) is 0 Å². The zero-order chi connectivity index (χ0) is 15.3. The van der Waals surface area contributed by atoms with Crippen LogP contribution in [0, 0.1) is 5.41 Å². The molecule has 1 heterocycles. The minimum atomic E-state index is -0.00948. The van der Waals surface area contributed by atoms with Gasteiger partial charge in [0.1, 0.15) is 11.5 Å². The molecule has 2 aromatic carbocycles. The van der Waals surface area contributed by atoms with E-state index in [2.05, 4.69) is 71.0 Å². The molecule has 1 aliphatic heterocycles. The first kappa shape index (κ1) is 14.2. The highest BCUT2D eigenvalue weighted by molar-refractivity contribution is 5.57. The molecule has 0 radical (unpaired) electrons. The number of ether oxygens (including phenoxy) is 1. The van der Waals surface area contributed by atoms with Crippen molar-refractivity contribution in [2.45, 2.75) is 46.5 Å². The van der Waals surface area contributed by atoms with Crippen molar-refractivity contribution in [1.82, 2.24) is 0 Å². The number of rotatable bonds is 1. The molecule has 110 valence electrons. The molecule has 0 N–H and O–H groups in total. The second-order valence-corrected chi connectivity index (χ2v) is 7.79. The predicted molar refractivity (Wildman–Crippen MR) is 88.2 cm³/mol. The van der Waals surface area contributed by atoms with Crippen LogP contribution in [0.1, 0.15) is 51.3 Å². The molecule has 1 aliphatic rings. The van der Waals surface area contributed by atoms with Gasteiger partial charge in [0.05, 0.1) is 0 Å². The Hall–Kier alpha value is -1.76.